The van der Waals surface area contributed by atoms with Gasteiger partial charge in [-0.25, -0.2) is 9.59 Å². The zero-order chi connectivity index (χ0) is 25.5. The summed E-state index contributed by atoms with van der Waals surface area (Å²) >= 11 is 0. The first-order chi connectivity index (χ1) is 16.9. The lowest BCUT2D eigenvalue weighted by Crippen LogP contribution is -2.43. The minimum absolute atomic E-state index is 0.0511. The first-order valence-corrected chi connectivity index (χ1v) is 12.9. The summed E-state index contributed by atoms with van der Waals surface area (Å²) in [5.74, 6) is -2.90. The summed E-state index contributed by atoms with van der Waals surface area (Å²) in [6.07, 6.45) is 12.2. The molecule has 35 heavy (non-hydrogen) atoms. The third kappa shape index (κ3) is 9.27. The molecule has 2 aromatic rings. The molecule has 0 saturated heterocycles. The molecule has 0 atom stereocenters. The van der Waals surface area contributed by atoms with Crippen LogP contribution in [0.4, 0.5) is 0 Å². The van der Waals surface area contributed by atoms with Crippen molar-refractivity contribution in [3.63, 3.8) is 0 Å². The van der Waals surface area contributed by atoms with Crippen LogP contribution in [-0.2, 0) is 0 Å². The highest BCUT2D eigenvalue weighted by Gasteiger charge is 2.36. The standard InChI is InChI=1S/C29H40O6/c1-3-5-6-7-8-9-10-11-16-22-29(21-4-2,34-25-19-14-12-17-23(25)27(30)31)35-26-20-15-13-18-24(26)28(32)33/h12-15,17-20H,3-11,16,21-22H2,1-2H3,(H,30,31)(H,32,33). The molecule has 192 valence electrons. The number of aromatic carboxylic acids is 2. The number of benzene rings is 2. The highest BCUT2D eigenvalue weighted by molar-refractivity contribution is 5.91. The Morgan fingerprint density at radius 1 is 0.629 bits per heavy atom. The van der Waals surface area contributed by atoms with Crippen LogP contribution in [0.3, 0.4) is 0 Å². The van der Waals surface area contributed by atoms with Gasteiger partial charge in [-0.15, -0.1) is 0 Å². The van der Waals surface area contributed by atoms with Gasteiger partial charge in [0.15, 0.2) is 0 Å². The fourth-order valence-electron chi connectivity index (χ4n) is 4.30. The van der Waals surface area contributed by atoms with E-state index in [0.717, 1.165) is 25.7 Å². The Hall–Kier alpha value is -3.02. The Bertz CT molecular complexity index is 863. The molecule has 0 amide bonds. The van der Waals surface area contributed by atoms with E-state index >= 15 is 0 Å². The zero-order valence-corrected chi connectivity index (χ0v) is 21.1. The van der Waals surface area contributed by atoms with Crippen molar-refractivity contribution in [3.05, 3.63) is 59.7 Å². The van der Waals surface area contributed by atoms with Crippen LogP contribution >= 0.6 is 0 Å². The monoisotopic (exact) mass is 484 g/mol. The van der Waals surface area contributed by atoms with Crippen molar-refractivity contribution in [2.45, 2.75) is 96.7 Å². The Kier molecular flexibility index (Phi) is 12.2. The van der Waals surface area contributed by atoms with E-state index in [1.54, 1.807) is 36.4 Å². The van der Waals surface area contributed by atoms with Crippen molar-refractivity contribution in [1.82, 2.24) is 0 Å². The van der Waals surface area contributed by atoms with Gasteiger partial charge in [-0.05, 0) is 37.1 Å². The van der Waals surface area contributed by atoms with Gasteiger partial charge in [0.1, 0.15) is 22.6 Å². The van der Waals surface area contributed by atoms with E-state index < -0.39 is 17.7 Å². The highest BCUT2D eigenvalue weighted by atomic mass is 16.7. The van der Waals surface area contributed by atoms with E-state index in [4.69, 9.17) is 9.47 Å². The number of unbranched alkanes of at least 4 members (excludes halogenated alkanes) is 8. The second kappa shape index (κ2) is 15.1. The lowest BCUT2D eigenvalue weighted by Gasteiger charge is -2.35. The molecule has 2 rings (SSSR count). The lowest BCUT2D eigenvalue weighted by molar-refractivity contribution is -0.127. The van der Waals surface area contributed by atoms with Gasteiger partial charge in [0.2, 0.25) is 0 Å². The van der Waals surface area contributed by atoms with Gasteiger partial charge < -0.3 is 19.7 Å². The number of carboxylic acid groups (broad SMARTS) is 2. The fraction of sp³-hybridized carbons (Fsp3) is 0.517. The van der Waals surface area contributed by atoms with Crippen molar-refractivity contribution in [1.29, 1.82) is 0 Å². The number of para-hydroxylation sites is 2. The van der Waals surface area contributed by atoms with Crippen molar-refractivity contribution < 1.29 is 29.3 Å². The molecule has 0 fully saturated rings. The van der Waals surface area contributed by atoms with Crippen molar-refractivity contribution in [3.8, 4) is 11.5 Å². The van der Waals surface area contributed by atoms with Crippen LogP contribution in [0, 0.1) is 0 Å². The number of carboxylic acids is 2. The number of ether oxygens (including phenoxy) is 2. The molecular weight excluding hydrogens is 444 g/mol. The topological polar surface area (TPSA) is 93.1 Å². The number of hydrogen-bond acceptors (Lipinski definition) is 4. The van der Waals surface area contributed by atoms with E-state index in [9.17, 15) is 19.8 Å². The molecule has 0 heterocycles. The summed E-state index contributed by atoms with van der Waals surface area (Å²) < 4.78 is 12.7. The predicted molar refractivity (Wildman–Crippen MR) is 138 cm³/mol. The molecule has 0 aliphatic rings. The molecule has 0 spiro atoms. The van der Waals surface area contributed by atoms with Crippen LogP contribution in [0.2, 0.25) is 0 Å². The van der Waals surface area contributed by atoms with E-state index in [-0.39, 0.29) is 22.6 Å². The summed E-state index contributed by atoms with van der Waals surface area (Å²) in [6, 6.07) is 13.0. The molecule has 2 N–H and O–H groups in total. The minimum Gasteiger partial charge on any atom is -0.478 e. The number of carbonyl (C=O) groups is 2. The fourth-order valence-corrected chi connectivity index (χ4v) is 4.30. The first kappa shape index (κ1) is 28.2. The van der Waals surface area contributed by atoms with Gasteiger partial charge in [0.25, 0.3) is 5.79 Å². The van der Waals surface area contributed by atoms with Crippen LogP contribution < -0.4 is 9.47 Å². The van der Waals surface area contributed by atoms with Crippen LogP contribution in [0.15, 0.2) is 48.5 Å². The summed E-state index contributed by atoms with van der Waals surface area (Å²) in [5.41, 5.74) is 0.102. The van der Waals surface area contributed by atoms with Crippen LogP contribution in [0.25, 0.3) is 0 Å². The van der Waals surface area contributed by atoms with Crippen LogP contribution in [-0.4, -0.2) is 27.9 Å². The smallest absolute Gasteiger partial charge is 0.339 e. The average molecular weight is 485 g/mol. The second-order valence-corrected chi connectivity index (χ2v) is 9.05. The largest absolute Gasteiger partial charge is 0.478 e. The van der Waals surface area contributed by atoms with E-state index in [1.165, 1.54) is 50.7 Å². The van der Waals surface area contributed by atoms with E-state index in [0.29, 0.717) is 12.8 Å². The van der Waals surface area contributed by atoms with Crippen molar-refractivity contribution in [2.75, 3.05) is 0 Å². The Morgan fingerprint density at radius 3 is 1.49 bits per heavy atom. The molecule has 0 unspecified atom stereocenters. The average Bonchev–Trinajstić information content (AvgIpc) is 2.83. The third-order valence-electron chi connectivity index (χ3n) is 6.12. The third-order valence-corrected chi connectivity index (χ3v) is 6.12. The van der Waals surface area contributed by atoms with Gasteiger partial charge in [0.05, 0.1) is 0 Å². The second-order valence-electron chi connectivity index (χ2n) is 9.05. The first-order valence-electron chi connectivity index (χ1n) is 12.9. The van der Waals surface area contributed by atoms with Crippen molar-refractivity contribution in [2.24, 2.45) is 0 Å². The predicted octanol–water partition coefficient (Wildman–Crippen LogP) is 7.96. The highest BCUT2D eigenvalue weighted by Crippen LogP contribution is 2.34. The number of rotatable bonds is 18. The zero-order valence-electron chi connectivity index (χ0n) is 21.1. The van der Waals surface area contributed by atoms with E-state index in [2.05, 4.69) is 6.92 Å². The molecule has 6 nitrogen and oxygen atoms in total. The molecule has 0 aliphatic heterocycles. The summed E-state index contributed by atoms with van der Waals surface area (Å²) in [7, 11) is 0. The van der Waals surface area contributed by atoms with Crippen LogP contribution in [0.1, 0.15) is 112 Å². The quantitative estimate of drug-likeness (QED) is 0.165. The SMILES string of the molecule is CCCCCCCCCCCC(CCC)(Oc1ccccc1C(=O)O)Oc1ccccc1C(=O)O. The van der Waals surface area contributed by atoms with Gasteiger partial charge in [-0.3, -0.25) is 0 Å². The molecule has 6 heteroatoms. The van der Waals surface area contributed by atoms with Gasteiger partial charge in [-0.2, -0.15) is 0 Å². The van der Waals surface area contributed by atoms with Gasteiger partial charge in [0, 0.05) is 12.8 Å². The lowest BCUT2D eigenvalue weighted by atomic mass is 10.00. The molecule has 0 bridgehead atoms. The Labute approximate surface area is 209 Å². The molecule has 2 aromatic carbocycles. The molecule has 0 aromatic heterocycles. The molecular formula is C29H40O6. The van der Waals surface area contributed by atoms with Crippen molar-refractivity contribution >= 4 is 11.9 Å². The van der Waals surface area contributed by atoms with Gasteiger partial charge >= 0.3 is 11.9 Å². The maximum absolute atomic E-state index is 11.8. The normalized spacial score (nSPS) is 11.3. The summed E-state index contributed by atoms with van der Waals surface area (Å²) in [6.45, 7) is 4.22. The summed E-state index contributed by atoms with van der Waals surface area (Å²) in [4.78, 5) is 23.6. The summed E-state index contributed by atoms with van der Waals surface area (Å²) in [5, 5.41) is 19.3. The Morgan fingerprint density at radius 2 is 1.06 bits per heavy atom. The van der Waals surface area contributed by atoms with E-state index in [1.807, 2.05) is 6.92 Å². The molecule has 0 radical (unpaired) electrons. The maximum Gasteiger partial charge on any atom is 0.339 e. The minimum atomic E-state index is -1.17. The van der Waals surface area contributed by atoms with Crippen LogP contribution in [0.5, 0.6) is 11.5 Å². The molecule has 0 saturated carbocycles. The maximum atomic E-state index is 11.8. The molecule has 0 aliphatic carbocycles. The Balaban J connectivity index is 2.21. The van der Waals surface area contributed by atoms with Gasteiger partial charge in [-0.1, -0.05) is 89.5 Å². The number of hydrogen-bond donors (Lipinski definition) is 2.